The van der Waals surface area contributed by atoms with E-state index in [9.17, 15) is 0 Å². The van der Waals surface area contributed by atoms with Crippen LogP contribution >= 0.6 is 0 Å². The summed E-state index contributed by atoms with van der Waals surface area (Å²) in [6.07, 6.45) is 3.78. The molecule has 156 valence electrons. The molecular weight excluding hydrogens is 372 g/mol. The van der Waals surface area contributed by atoms with E-state index in [1.807, 2.05) is 48.5 Å². The third kappa shape index (κ3) is 6.26. The van der Waals surface area contributed by atoms with Crippen LogP contribution in [-0.2, 0) is 6.54 Å². The van der Waals surface area contributed by atoms with Crippen LogP contribution in [0.15, 0.2) is 78.9 Å². The van der Waals surface area contributed by atoms with Crippen LogP contribution in [0.5, 0.6) is 17.2 Å². The van der Waals surface area contributed by atoms with Gasteiger partial charge in [0.2, 0.25) is 0 Å². The van der Waals surface area contributed by atoms with Crippen LogP contribution in [-0.4, -0.2) is 31.1 Å². The van der Waals surface area contributed by atoms with Gasteiger partial charge in [-0.1, -0.05) is 36.4 Å². The molecule has 1 fully saturated rings. The first-order valence-electron chi connectivity index (χ1n) is 10.9. The summed E-state index contributed by atoms with van der Waals surface area (Å²) < 4.78 is 11.8. The highest BCUT2D eigenvalue weighted by atomic mass is 16.5. The molecule has 4 rings (SSSR count). The van der Waals surface area contributed by atoms with E-state index in [0.717, 1.165) is 49.1 Å². The smallest absolute Gasteiger partial charge is 0.129 e. The number of ether oxygens (including phenoxy) is 2. The van der Waals surface area contributed by atoms with Gasteiger partial charge in [-0.05, 0) is 74.3 Å². The fourth-order valence-corrected chi connectivity index (χ4v) is 3.69. The number of likely N-dealkylation sites (tertiary alicyclic amines) is 1. The fraction of sp³-hybridized carbons (Fsp3) is 0.308. The van der Waals surface area contributed by atoms with Crippen molar-refractivity contribution in [2.75, 3.05) is 31.6 Å². The van der Waals surface area contributed by atoms with Crippen molar-refractivity contribution in [3.05, 3.63) is 84.4 Å². The topological polar surface area (TPSA) is 33.7 Å². The molecule has 0 aromatic heterocycles. The molecule has 0 atom stereocenters. The molecule has 3 aromatic carbocycles. The highest BCUT2D eigenvalue weighted by Crippen LogP contribution is 2.24. The van der Waals surface area contributed by atoms with E-state index < -0.39 is 0 Å². The molecule has 0 amide bonds. The quantitative estimate of drug-likeness (QED) is 0.425. The van der Waals surface area contributed by atoms with Crippen molar-refractivity contribution in [3.63, 3.8) is 0 Å². The van der Waals surface area contributed by atoms with Gasteiger partial charge in [0.1, 0.15) is 17.2 Å². The number of para-hydroxylation sites is 1. The molecule has 0 bridgehead atoms. The van der Waals surface area contributed by atoms with Crippen molar-refractivity contribution in [1.82, 2.24) is 4.90 Å². The molecule has 1 aliphatic rings. The van der Waals surface area contributed by atoms with Crippen LogP contribution in [0.1, 0.15) is 24.8 Å². The minimum atomic E-state index is 0.754. The summed E-state index contributed by atoms with van der Waals surface area (Å²) in [7, 11) is 0. The summed E-state index contributed by atoms with van der Waals surface area (Å²) in [6, 6.07) is 26.2. The minimum absolute atomic E-state index is 0.754. The summed E-state index contributed by atoms with van der Waals surface area (Å²) in [5.74, 6) is 2.60. The van der Waals surface area contributed by atoms with Gasteiger partial charge in [0.25, 0.3) is 0 Å². The zero-order valence-corrected chi connectivity index (χ0v) is 17.4. The van der Waals surface area contributed by atoms with Crippen molar-refractivity contribution < 1.29 is 9.47 Å². The molecule has 0 radical (unpaired) electrons. The Morgan fingerprint density at radius 1 is 0.767 bits per heavy atom. The summed E-state index contributed by atoms with van der Waals surface area (Å²) in [5.41, 5.74) is 2.25. The Morgan fingerprint density at radius 3 is 2.33 bits per heavy atom. The summed E-state index contributed by atoms with van der Waals surface area (Å²) in [4.78, 5) is 2.53. The van der Waals surface area contributed by atoms with Crippen LogP contribution in [0.3, 0.4) is 0 Å². The number of anilines is 1. The zero-order valence-electron chi connectivity index (χ0n) is 17.4. The fourth-order valence-electron chi connectivity index (χ4n) is 3.69. The maximum atomic E-state index is 5.91. The van der Waals surface area contributed by atoms with Gasteiger partial charge in [-0.15, -0.1) is 0 Å². The van der Waals surface area contributed by atoms with E-state index >= 15 is 0 Å². The number of benzene rings is 3. The summed E-state index contributed by atoms with van der Waals surface area (Å²) in [6.45, 7) is 5.19. The largest absolute Gasteiger partial charge is 0.494 e. The molecule has 0 spiro atoms. The van der Waals surface area contributed by atoms with E-state index in [-0.39, 0.29) is 0 Å². The summed E-state index contributed by atoms with van der Waals surface area (Å²) in [5, 5.41) is 3.46. The van der Waals surface area contributed by atoms with Gasteiger partial charge in [-0.2, -0.15) is 0 Å². The van der Waals surface area contributed by atoms with E-state index in [1.54, 1.807) is 0 Å². The Kier molecular flexibility index (Phi) is 7.24. The van der Waals surface area contributed by atoms with Gasteiger partial charge < -0.3 is 19.7 Å². The molecule has 0 aliphatic carbocycles. The second kappa shape index (κ2) is 10.7. The lowest BCUT2D eigenvalue weighted by atomic mass is 10.2. The van der Waals surface area contributed by atoms with Gasteiger partial charge in [-0.25, -0.2) is 0 Å². The maximum Gasteiger partial charge on any atom is 0.129 e. The first-order valence-corrected chi connectivity index (χ1v) is 10.9. The number of nitrogens with one attached hydrogen (secondary N) is 1. The molecule has 30 heavy (non-hydrogen) atoms. The standard InChI is InChI=1S/C26H30N2O2/c1-2-9-25(10-3-1)30-26-11-6-8-23(20-26)27-21-22-12-14-24(15-13-22)29-19-7-18-28-16-4-5-17-28/h1-3,6,8-15,20,27H,4-5,7,16-19,21H2. The van der Waals surface area contributed by atoms with E-state index in [1.165, 1.54) is 31.5 Å². The number of hydrogen-bond acceptors (Lipinski definition) is 4. The molecule has 4 nitrogen and oxygen atoms in total. The van der Waals surface area contributed by atoms with Crippen molar-refractivity contribution >= 4 is 5.69 Å². The highest BCUT2D eigenvalue weighted by molar-refractivity contribution is 5.49. The number of rotatable bonds is 10. The number of hydrogen-bond donors (Lipinski definition) is 1. The van der Waals surface area contributed by atoms with Crippen molar-refractivity contribution in [3.8, 4) is 17.2 Å². The SMILES string of the molecule is c1ccc(Oc2cccc(NCc3ccc(OCCCN4CCCC4)cc3)c2)cc1. The van der Waals surface area contributed by atoms with Gasteiger partial charge in [-0.3, -0.25) is 0 Å². The van der Waals surface area contributed by atoms with Gasteiger partial charge >= 0.3 is 0 Å². The first-order chi connectivity index (χ1) is 14.8. The molecule has 1 N–H and O–H groups in total. The monoisotopic (exact) mass is 402 g/mol. The van der Waals surface area contributed by atoms with Crippen LogP contribution in [0, 0.1) is 0 Å². The Morgan fingerprint density at radius 2 is 1.53 bits per heavy atom. The Balaban J connectivity index is 1.21. The lowest BCUT2D eigenvalue weighted by Gasteiger charge is -2.14. The molecular formula is C26H30N2O2. The average Bonchev–Trinajstić information content (AvgIpc) is 3.31. The summed E-state index contributed by atoms with van der Waals surface area (Å²) >= 11 is 0. The van der Waals surface area contributed by atoms with E-state index in [2.05, 4.69) is 40.5 Å². The Labute approximate surface area is 179 Å². The highest BCUT2D eigenvalue weighted by Gasteiger charge is 2.10. The van der Waals surface area contributed by atoms with Gasteiger partial charge in [0.15, 0.2) is 0 Å². The molecule has 4 heteroatoms. The Bertz CT molecular complexity index is 890. The van der Waals surface area contributed by atoms with Crippen molar-refractivity contribution in [2.24, 2.45) is 0 Å². The second-order valence-electron chi connectivity index (χ2n) is 7.69. The van der Waals surface area contributed by atoms with Gasteiger partial charge in [0.05, 0.1) is 6.61 Å². The minimum Gasteiger partial charge on any atom is -0.494 e. The third-order valence-corrected chi connectivity index (χ3v) is 5.32. The zero-order chi connectivity index (χ0) is 20.4. The molecule has 1 aliphatic heterocycles. The molecule has 1 heterocycles. The first kappa shape index (κ1) is 20.3. The van der Waals surface area contributed by atoms with Gasteiger partial charge in [0, 0.05) is 24.8 Å². The maximum absolute atomic E-state index is 5.91. The third-order valence-electron chi connectivity index (χ3n) is 5.32. The van der Waals surface area contributed by atoms with Crippen molar-refractivity contribution in [2.45, 2.75) is 25.8 Å². The van der Waals surface area contributed by atoms with Crippen LogP contribution < -0.4 is 14.8 Å². The lowest BCUT2D eigenvalue weighted by molar-refractivity contribution is 0.263. The van der Waals surface area contributed by atoms with E-state index in [0.29, 0.717) is 0 Å². The number of nitrogens with zero attached hydrogens (tertiary/aromatic N) is 1. The molecule has 0 unspecified atom stereocenters. The average molecular weight is 403 g/mol. The lowest BCUT2D eigenvalue weighted by Crippen LogP contribution is -2.21. The second-order valence-corrected chi connectivity index (χ2v) is 7.69. The Hall–Kier alpha value is -2.98. The van der Waals surface area contributed by atoms with Crippen LogP contribution in [0.25, 0.3) is 0 Å². The molecule has 3 aromatic rings. The van der Waals surface area contributed by atoms with E-state index in [4.69, 9.17) is 9.47 Å². The van der Waals surface area contributed by atoms with Crippen molar-refractivity contribution in [1.29, 1.82) is 0 Å². The van der Waals surface area contributed by atoms with Crippen LogP contribution in [0.4, 0.5) is 5.69 Å². The predicted octanol–water partition coefficient (Wildman–Crippen LogP) is 5.96. The normalized spacial score (nSPS) is 13.9. The van der Waals surface area contributed by atoms with Crippen LogP contribution in [0.2, 0.25) is 0 Å². The molecule has 0 saturated carbocycles. The predicted molar refractivity (Wildman–Crippen MR) is 123 cm³/mol. The molecule has 1 saturated heterocycles.